The Bertz CT molecular complexity index is 904. The van der Waals surface area contributed by atoms with Crippen molar-refractivity contribution in [3.8, 4) is 5.75 Å². The molecule has 0 saturated heterocycles. The van der Waals surface area contributed by atoms with Gasteiger partial charge in [-0.3, -0.25) is 0 Å². The summed E-state index contributed by atoms with van der Waals surface area (Å²) in [5.41, 5.74) is 1.41. The van der Waals surface area contributed by atoms with Crippen LogP contribution in [0.15, 0.2) is 58.9 Å². The molecule has 1 atom stereocenters. The van der Waals surface area contributed by atoms with Crippen molar-refractivity contribution in [2.24, 2.45) is 0 Å². The molecule has 2 aromatic carbocycles. The molecule has 2 N–H and O–H groups in total. The zero-order valence-corrected chi connectivity index (χ0v) is 17.4. The minimum absolute atomic E-state index is 0.139. The third kappa shape index (κ3) is 6.74. The molecule has 7 nitrogen and oxygen atoms in total. The first-order chi connectivity index (χ1) is 14.1. The van der Waals surface area contributed by atoms with Crippen LogP contribution in [0.1, 0.15) is 17.3 Å². The molecule has 3 rings (SSSR count). The number of aliphatic hydroxyl groups excluding tert-OH is 1. The topological polar surface area (TPSA) is 93.6 Å². The van der Waals surface area contributed by atoms with E-state index in [-0.39, 0.29) is 12.6 Å². The molecule has 152 valence electrons. The van der Waals surface area contributed by atoms with Crippen LogP contribution in [0, 0.1) is 0 Å². The molecule has 3 aromatic rings. The van der Waals surface area contributed by atoms with Gasteiger partial charge in [0.1, 0.15) is 12.4 Å². The van der Waals surface area contributed by atoms with Crippen molar-refractivity contribution < 1.29 is 19.4 Å². The van der Waals surface area contributed by atoms with Crippen LogP contribution >= 0.6 is 23.1 Å². The standard InChI is InChI=1S/C20H21N3O4S2/c1-2-26-18(25)14-8-10-17(11-9-14)27-12-16(24)13-28-20-23-22-19(29-20)21-15-6-4-3-5-7-15/h3-11,16,24H,2,12-13H2,1H3,(H,21,22). The van der Waals surface area contributed by atoms with Gasteiger partial charge in [0.05, 0.1) is 18.3 Å². The van der Waals surface area contributed by atoms with Gasteiger partial charge in [-0.05, 0) is 43.3 Å². The fourth-order valence-electron chi connectivity index (χ4n) is 2.27. The number of anilines is 2. The van der Waals surface area contributed by atoms with Gasteiger partial charge in [-0.25, -0.2) is 4.79 Å². The van der Waals surface area contributed by atoms with E-state index in [9.17, 15) is 9.90 Å². The third-order valence-electron chi connectivity index (χ3n) is 3.64. The Hall–Kier alpha value is -2.62. The van der Waals surface area contributed by atoms with Gasteiger partial charge in [0.15, 0.2) is 4.34 Å². The number of thioether (sulfide) groups is 1. The maximum atomic E-state index is 11.6. The molecule has 0 spiro atoms. The molecule has 0 bridgehead atoms. The zero-order chi connectivity index (χ0) is 20.5. The van der Waals surface area contributed by atoms with E-state index in [0.29, 0.717) is 28.8 Å². The Morgan fingerprint density at radius 1 is 1.17 bits per heavy atom. The van der Waals surface area contributed by atoms with E-state index in [0.717, 1.165) is 10.0 Å². The van der Waals surface area contributed by atoms with Crippen LogP contribution < -0.4 is 10.1 Å². The first-order valence-electron chi connectivity index (χ1n) is 9.00. The number of nitrogens with zero attached hydrogens (tertiary/aromatic N) is 2. The highest BCUT2D eigenvalue weighted by molar-refractivity contribution is 8.01. The lowest BCUT2D eigenvalue weighted by atomic mass is 10.2. The molecular formula is C20H21N3O4S2. The fourth-order valence-corrected chi connectivity index (χ4v) is 3.98. The number of aromatic nitrogens is 2. The van der Waals surface area contributed by atoms with Crippen molar-refractivity contribution in [3.63, 3.8) is 0 Å². The van der Waals surface area contributed by atoms with Gasteiger partial charge >= 0.3 is 5.97 Å². The van der Waals surface area contributed by atoms with Gasteiger partial charge in [0.25, 0.3) is 0 Å². The largest absolute Gasteiger partial charge is 0.491 e. The number of aliphatic hydroxyl groups is 1. The Kier molecular flexibility index (Phi) is 7.85. The number of esters is 1. The second kappa shape index (κ2) is 10.8. The third-order valence-corrected chi connectivity index (χ3v) is 5.76. The normalized spacial score (nSPS) is 11.7. The van der Waals surface area contributed by atoms with Crippen molar-refractivity contribution in [2.75, 3.05) is 24.3 Å². The molecule has 1 heterocycles. The fraction of sp³-hybridized carbons (Fsp3) is 0.250. The maximum Gasteiger partial charge on any atom is 0.338 e. The van der Waals surface area contributed by atoms with E-state index in [4.69, 9.17) is 9.47 Å². The van der Waals surface area contributed by atoms with Crippen LogP contribution in [0.25, 0.3) is 0 Å². The van der Waals surface area contributed by atoms with Crippen LogP contribution in [0.3, 0.4) is 0 Å². The quantitative estimate of drug-likeness (QED) is 0.368. The van der Waals surface area contributed by atoms with Crippen molar-refractivity contribution in [1.82, 2.24) is 10.2 Å². The number of nitrogens with one attached hydrogen (secondary N) is 1. The highest BCUT2D eigenvalue weighted by Gasteiger charge is 2.11. The number of hydrogen-bond acceptors (Lipinski definition) is 9. The van der Waals surface area contributed by atoms with Gasteiger partial charge in [-0.15, -0.1) is 10.2 Å². The summed E-state index contributed by atoms with van der Waals surface area (Å²) in [6.45, 7) is 2.23. The number of para-hydroxylation sites is 1. The summed E-state index contributed by atoms with van der Waals surface area (Å²) in [6, 6.07) is 16.4. The summed E-state index contributed by atoms with van der Waals surface area (Å²) < 4.78 is 11.3. The van der Waals surface area contributed by atoms with Gasteiger partial charge < -0.3 is 19.9 Å². The molecular weight excluding hydrogens is 410 g/mol. The zero-order valence-electron chi connectivity index (χ0n) is 15.8. The second-order valence-corrected chi connectivity index (χ2v) is 8.13. The summed E-state index contributed by atoms with van der Waals surface area (Å²) in [5.74, 6) is 0.641. The van der Waals surface area contributed by atoms with Crippen LogP contribution in [0.4, 0.5) is 10.8 Å². The number of carbonyl (C=O) groups is 1. The Morgan fingerprint density at radius 3 is 2.66 bits per heavy atom. The number of rotatable bonds is 10. The molecule has 0 saturated carbocycles. The molecule has 0 fully saturated rings. The van der Waals surface area contributed by atoms with Gasteiger partial charge in [0, 0.05) is 11.4 Å². The lowest BCUT2D eigenvalue weighted by Crippen LogP contribution is -2.20. The predicted molar refractivity (Wildman–Crippen MR) is 114 cm³/mol. The van der Waals surface area contributed by atoms with Crippen LogP contribution in [0.2, 0.25) is 0 Å². The van der Waals surface area contributed by atoms with Gasteiger partial charge in [-0.2, -0.15) is 0 Å². The van der Waals surface area contributed by atoms with Crippen LogP contribution in [-0.4, -0.2) is 46.3 Å². The Labute approximate surface area is 177 Å². The van der Waals surface area contributed by atoms with E-state index in [1.807, 2.05) is 30.3 Å². The predicted octanol–water partition coefficient (Wildman–Crippen LogP) is 3.99. The highest BCUT2D eigenvalue weighted by Crippen LogP contribution is 2.28. The maximum absolute atomic E-state index is 11.6. The van der Waals surface area contributed by atoms with Gasteiger partial charge in [0.2, 0.25) is 5.13 Å². The Balaban J connectivity index is 1.41. The number of hydrogen-bond donors (Lipinski definition) is 2. The lowest BCUT2D eigenvalue weighted by molar-refractivity contribution is 0.0526. The van der Waals surface area contributed by atoms with E-state index >= 15 is 0 Å². The number of carbonyl (C=O) groups excluding carboxylic acids is 1. The van der Waals surface area contributed by atoms with Crippen molar-refractivity contribution >= 4 is 39.9 Å². The molecule has 1 aromatic heterocycles. The van der Waals surface area contributed by atoms with E-state index in [1.165, 1.54) is 23.1 Å². The summed E-state index contributed by atoms with van der Waals surface area (Å²) >= 11 is 2.85. The summed E-state index contributed by atoms with van der Waals surface area (Å²) in [4.78, 5) is 11.6. The molecule has 0 aliphatic carbocycles. The molecule has 0 amide bonds. The van der Waals surface area contributed by atoms with E-state index < -0.39 is 6.10 Å². The lowest BCUT2D eigenvalue weighted by Gasteiger charge is -2.11. The summed E-state index contributed by atoms with van der Waals surface area (Å²) in [6.07, 6.45) is -0.667. The first-order valence-corrected chi connectivity index (χ1v) is 10.8. The van der Waals surface area contributed by atoms with E-state index in [2.05, 4.69) is 15.5 Å². The minimum atomic E-state index is -0.667. The monoisotopic (exact) mass is 431 g/mol. The molecule has 1 unspecified atom stereocenters. The minimum Gasteiger partial charge on any atom is -0.491 e. The van der Waals surface area contributed by atoms with Crippen molar-refractivity contribution in [3.05, 3.63) is 60.2 Å². The van der Waals surface area contributed by atoms with Crippen molar-refractivity contribution in [1.29, 1.82) is 0 Å². The molecule has 0 aliphatic heterocycles. The van der Waals surface area contributed by atoms with Crippen LogP contribution in [-0.2, 0) is 4.74 Å². The smallest absolute Gasteiger partial charge is 0.338 e. The number of benzene rings is 2. The van der Waals surface area contributed by atoms with Crippen LogP contribution in [0.5, 0.6) is 5.75 Å². The average Bonchev–Trinajstić information content (AvgIpc) is 3.19. The van der Waals surface area contributed by atoms with Gasteiger partial charge in [-0.1, -0.05) is 41.3 Å². The summed E-state index contributed by atoms with van der Waals surface area (Å²) in [7, 11) is 0. The molecule has 9 heteroatoms. The SMILES string of the molecule is CCOC(=O)c1ccc(OCC(O)CSc2nnc(Nc3ccccc3)s2)cc1. The first kappa shape index (κ1) is 21.1. The average molecular weight is 432 g/mol. The highest BCUT2D eigenvalue weighted by atomic mass is 32.2. The molecule has 0 radical (unpaired) electrons. The summed E-state index contributed by atoms with van der Waals surface area (Å²) in [5, 5.41) is 22.3. The molecule has 29 heavy (non-hydrogen) atoms. The van der Waals surface area contributed by atoms with Crippen molar-refractivity contribution in [2.45, 2.75) is 17.4 Å². The Morgan fingerprint density at radius 2 is 1.93 bits per heavy atom. The second-order valence-electron chi connectivity index (χ2n) is 5.88. The number of ether oxygens (including phenoxy) is 2. The van der Waals surface area contributed by atoms with E-state index in [1.54, 1.807) is 31.2 Å². The molecule has 0 aliphatic rings.